The van der Waals surface area contributed by atoms with E-state index in [-0.39, 0.29) is 11.4 Å². The molecule has 0 saturated heterocycles. The van der Waals surface area contributed by atoms with Gasteiger partial charge < -0.3 is 5.32 Å². The second-order valence-corrected chi connectivity index (χ2v) is 6.67. The normalized spacial score (nSPS) is 11.5. The Morgan fingerprint density at radius 3 is 2.41 bits per heavy atom. The quantitative estimate of drug-likeness (QED) is 0.335. The van der Waals surface area contributed by atoms with Crippen molar-refractivity contribution in [2.75, 3.05) is 5.32 Å². The summed E-state index contributed by atoms with van der Waals surface area (Å²) in [4.78, 5) is 33.8. The molecule has 0 atom stereocenters. The van der Waals surface area contributed by atoms with Gasteiger partial charge in [-0.15, -0.1) is 0 Å². The fourth-order valence-corrected chi connectivity index (χ4v) is 2.41. The van der Waals surface area contributed by atoms with E-state index in [1.165, 1.54) is 30.0 Å². The van der Waals surface area contributed by atoms with Gasteiger partial charge in [-0.05, 0) is 35.6 Å². The first-order valence-electron chi connectivity index (χ1n) is 8.93. The van der Waals surface area contributed by atoms with Crippen molar-refractivity contribution in [2.45, 2.75) is 26.7 Å². The Hall–Kier alpha value is -3.81. The number of hydrogen-bond donors (Lipinski definition) is 2. The molecule has 2 N–H and O–H groups in total. The largest absolute Gasteiger partial charge is 0.329 e. The van der Waals surface area contributed by atoms with E-state index in [9.17, 15) is 19.7 Å². The first kappa shape index (κ1) is 21.5. The van der Waals surface area contributed by atoms with Gasteiger partial charge in [-0.25, -0.2) is 5.43 Å². The minimum Gasteiger partial charge on any atom is -0.317 e. The average molecular weight is 394 g/mol. The molecule has 0 aromatic heterocycles. The summed E-state index contributed by atoms with van der Waals surface area (Å²) in [5.41, 5.74) is 5.09. The SMILES string of the molecule is CC(/C=N\NC(=O)C(=O)Nc1cccc([N+](=O)[O-])c1)=C\c1ccc(C(C)C)cc1. The van der Waals surface area contributed by atoms with Crippen LogP contribution in [0.15, 0.2) is 59.2 Å². The predicted octanol–water partition coefficient (Wildman–Crippen LogP) is 3.86. The van der Waals surface area contributed by atoms with Crippen molar-refractivity contribution in [3.8, 4) is 0 Å². The zero-order valence-electron chi connectivity index (χ0n) is 16.4. The van der Waals surface area contributed by atoms with Crippen molar-refractivity contribution < 1.29 is 14.5 Å². The third-order valence-electron chi connectivity index (χ3n) is 3.95. The smallest absolute Gasteiger partial charge is 0.317 e. The van der Waals surface area contributed by atoms with Crippen LogP contribution in [-0.2, 0) is 9.59 Å². The highest BCUT2D eigenvalue weighted by Crippen LogP contribution is 2.17. The standard InChI is InChI=1S/C21H22N4O4/c1-14(2)17-9-7-16(8-10-17)11-15(3)13-22-24-21(27)20(26)23-18-5-4-6-19(12-18)25(28)29/h4-14H,1-3H3,(H,23,26)(H,24,27)/b15-11+,22-13-. The second kappa shape index (κ2) is 9.93. The first-order valence-corrected chi connectivity index (χ1v) is 8.93. The Bertz CT molecular complexity index is 963. The molecule has 0 radical (unpaired) electrons. The second-order valence-electron chi connectivity index (χ2n) is 6.67. The van der Waals surface area contributed by atoms with Crippen molar-refractivity contribution in [1.29, 1.82) is 0 Å². The maximum Gasteiger partial charge on any atom is 0.329 e. The molecule has 0 aliphatic carbocycles. The predicted molar refractivity (Wildman–Crippen MR) is 113 cm³/mol. The molecule has 2 amide bonds. The third-order valence-corrected chi connectivity index (χ3v) is 3.95. The van der Waals surface area contributed by atoms with E-state index in [4.69, 9.17) is 0 Å². The number of nitrogens with zero attached hydrogens (tertiary/aromatic N) is 2. The van der Waals surface area contributed by atoms with Gasteiger partial charge in [-0.3, -0.25) is 19.7 Å². The summed E-state index contributed by atoms with van der Waals surface area (Å²) >= 11 is 0. The van der Waals surface area contributed by atoms with Crippen molar-refractivity contribution >= 4 is 35.5 Å². The molecule has 8 nitrogen and oxygen atoms in total. The molecule has 150 valence electrons. The van der Waals surface area contributed by atoms with E-state index in [1.807, 2.05) is 25.1 Å². The van der Waals surface area contributed by atoms with Crippen molar-refractivity contribution in [3.05, 3.63) is 75.3 Å². The molecular formula is C21H22N4O4. The molecule has 29 heavy (non-hydrogen) atoms. The van der Waals surface area contributed by atoms with Crippen LogP contribution in [0.25, 0.3) is 6.08 Å². The van der Waals surface area contributed by atoms with Crippen molar-refractivity contribution in [2.24, 2.45) is 5.10 Å². The van der Waals surface area contributed by atoms with Crippen LogP contribution in [0, 0.1) is 10.1 Å². The molecule has 2 rings (SSSR count). The number of non-ortho nitro benzene ring substituents is 1. The van der Waals surface area contributed by atoms with Gasteiger partial charge in [0.2, 0.25) is 0 Å². The highest BCUT2D eigenvalue weighted by molar-refractivity contribution is 6.39. The monoisotopic (exact) mass is 394 g/mol. The molecule has 0 unspecified atom stereocenters. The van der Waals surface area contributed by atoms with Crippen LogP contribution in [0.1, 0.15) is 37.8 Å². The van der Waals surface area contributed by atoms with Crippen LogP contribution in [0.3, 0.4) is 0 Å². The van der Waals surface area contributed by atoms with E-state index in [0.717, 1.165) is 17.2 Å². The Balaban J connectivity index is 1.91. The molecule has 0 fully saturated rings. The lowest BCUT2D eigenvalue weighted by molar-refractivity contribution is -0.384. The van der Waals surface area contributed by atoms with Gasteiger partial charge in [0.05, 0.1) is 11.1 Å². The van der Waals surface area contributed by atoms with Crippen LogP contribution in [-0.4, -0.2) is 23.0 Å². The summed E-state index contributed by atoms with van der Waals surface area (Å²) in [7, 11) is 0. The highest BCUT2D eigenvalue weighted by Gasteiger charge is 2.14. The summed E-state index contributed by atoms with van der Waals surface area (Å²) in [6, 6.07) is 13.4. The number of benzene rings is 2. The zero-order chi connectivity index (χ0) is 21.4. The lowest BCUT2D eigenvalue weighted by Gasteiger charge is -2.05. The summed E-state index contributed by atoms with van der Waals surface area (Å²) in [5.74, 6) is -1.51. The van der Waals surface area contributed by atoms with Crippen LogP contribution in [0.2, 0.25) is 0 Å². The van der Waals surface area contributed by atoms with E-state index in [0.29, 0.717) is 5.92 Å². The van der Waals surface area contributed by atoms with E-state index in [1.54, 1.807) is 0 Å². The summed E-state index contributed by atoms with van der Waals surface area (Å²) in [6.07, 6.45) is 3.32. The van der Waals surface area contributed by atoms with E-state index >= 15 is 0 Å². The van der Waals surface area contributed by atoms with Gasteiger partial charge in [0, 0.05) is 17.8 Å². The summed E-state index contributed by atoms with van der Waals surface area (Å²) in [5, 5.41) is 16.8. The third kappa shape index (κ3) is 6.69. The Morgan fingerprint density at radius 2 is 1.79 bits per heavy atom. The molecule has 2 aromatic carbocycles. The lowest BCUT2D eigenvalue weighted by atomic mass is 10.0. The molecule has 0 spiro atoms. The van der Waals surface area contributed by atoms with Crippen molar-refractivity contribution in [1.82, 2.24) is 5.43 Å². The Kier molecular flexibility index (Phi) is 7.36. The van der Waals surface area contributed by atoms with Gasteiger partial charge >= 0.3 is 11.8 Å². The first-order chi connectivity index (χ1) is 13.8. The molecule has 0 bridgehead atoms. The van der Waals surface area contributed by atoms with Crippen LogP contribution in [0.5, 0.6) is 0 Å². The van der Waals surface area contributed by atoms with E-state index in [2.05, 4.69) is 41.8 Å². The van der Waals surface area contributed by atoms with Crippen molar-refractivity contribution in [3.63, 3.8) is 0 Å². The Morgan fingerprint density at radius 1 is 1.10 bits per heavy atom. The van der Waals surface area contributed by atoms with Gasteiger partial charge in [0.25, 0.3) is 5.69 Å². The topological polar surface area (TPSA) is 114 Å². The lowest BCUT2D eigenvalue weighted by Crippen LogP contribution is -2.32. The Labute approximate surface area is 168 Å². The highest BCUT2D eigenvalue weighted by atomic mass is 16.6. The van der Waals surface area contributed by atoms with Crippen LogP contribution >= 0.6 is 0 Å². The number of rotatable bonds is 6. The number of carbonyl (C=O) groups excluding carboxylic acids is 2. The number of anilines is 1. The number of amides is 2. The summed E-state index contributed by atoms with van der Waals surface area (Å²) < 4.78 is 0. The van der Waals surface area contributed by atoms with Gasteiger partial charge in [0.15, 0.2) is 0 Å². The van der Waals surface area contributed by atoms with Gasteiger partial charge in [0.1, 0.15) is 0 Å². The maximum absolute atomic E-state index is 11.9. The summed E-state index contributed by atoms with van der Waals surface area (Å²) in [6.45, 7) is 6.07. The number of carbonyl (C=O) groups is 2. The molecule has 0 aliphatic heterocycles. The van der Waals surface area contributed by atoms with Crippen LogP contribution in [0.4, 0.5) is 11.4 Å². The van der Waals surface area contributed by atoms with E-state index < -0.39 is 16.7 Å². The number of nitro groups is 1. The number of nitro benzene ring substituents is 1. The number of allylic oxidation sites excluding steroid dienone is 1. The molecule has 0 saturated carbocycles. The minimum absolute atomic E-state index is 0.143. The molecule has 2 aromatic rings. The molecule has 0 aliphatic rings. The fraction of sp³-hybridized carbons (Fsp3) is 0.190. The maximum atomic E-state index is 11.9. The fourth-order valence-electron chi connectivity index (χ4n) is 2.41. The molecular weight excluding hydrogens is 372 g/mol. The molecule has 0 heterocycles. The number of hydrazone groups is 1. The zero-order valence-corrected chi connectivity index (χ0v) is 16.4. The minimum atomic E-state index is -0.984. The number of hydrogen-bond acceptors (Lipinski definition) is 5. The number of nitrogens with one attached hydrogen (secondary N) is 2. The van der Waals surface area contributed by atoms with Gasteiger partial charge in [-0.2, -0.15) is 5.10 Å². The average Bonchev–Trinajstić information content (AvgIpc) is 2.68. The molecule has 8 heteroatoms. The van der Waals surface area contributed by atoms with Gasteiger partial charge in [-0.1, -0.05) is 50.3 Å². The van der Waals surface area contributed by atoms with Crippen LogP contribution < -0.4 is 10.7 Å².